The fourth-order valence-electron chi connectivity index (χ4n) is 3.10. The number of allylic oxidation sites excluding steroid dienone is 1. The molecule has 7 atom stereocenters. The second kappa shape index (κ2) is 9.45. The van der Waals surface area contributed by atoms with E-state index < -0.39 is 67.9 Å². The van der Waals surface area contributed by atoms with Crippen molar-refractivity contribution in [2.24, 2.45) is 5.92 Å². The van der Waals surface area contributed by atoms with Gasteiger partial charge in [-0.3, -0.25) is 4.79 Å². The topological polar surface area (TPSA) is 172 Å². The van der Waals surface area contributed by atoms with Gasteiger partial charge >= 0.3 is 11.9 Å². The van der Waals surface area contributed by atoms with Gasteiger partial charge in [-0.1, -0.05) is 6.08 Å². The van der Waals surface area contributed by atoms with Gasteiger partial charge in [0.05, 0.1) is 32.0 Å². The van der Waals surface area contributed by atoms with Gasteiger partial charge in [0.15, 0.2) is 6.29 Å². The molecule has 158 valence electrons. The first-order chi connectivity index (χ1) is 13.2. The third-order valence-electron chi connectivity index (χ3n) is 4.61. The Bertz CT molecular complexity index is 641. The zero-order chi connectivity index (χ0) is 21.0. The molecule has 0 aromatic rings. The zero-order valence-electron chi connectivity index (χ0n) is 15.3. The number of carboxylic acid groups (broad SMARTS) is 1. The highest BCUT2D eigenvalue weighted by molar-refractivity contribution is 5.90. The van der Waals surface area contributed by atoms with Crippen LogP contribution in [0.2, 0.25) is 0 Å². The average Bonchev–Trinajstić information content (AvgIpc) is 2.67. The van der Waals surface area contributed by atoms with E-state index in [0.29, 0.717) is 0 Å². The van der Waals surface area contributed by atoms with Crippen LogP contribution in [-0.4, -0.2) is 88.2 Å². The summed E-state index contributed by atoms with van der Waals surface area (Å²) in [6, 6.07) is 0. The van der Waals surface area contributed by atoms with Crippen LogP contribution in [0.25, 0.3) is 0 Å². The van der Waals surface area contributed by atoms with Crippen LogP contribution in [0.3, 0.4) is 0 Å². The zero-order valence-corrected chi connectivity index (χ0v) is 15.3. The molecule has 0 unspecified atom stereocenters. The van der Waals surface area contributed by atoms with E-state index in [1.165, 1.54) is 6.08 Å². The number of hydrogen-bond acceptors (Lipinski definition) is 10. The van der Waals surface area contributed by atoms with Crippen LogP contribution >= 0.6 is 0 Å². The lowest BCUT2D eigenvalue weighted by Gasteiger charge is -2.41. The molecule has 5 N–H and O–H groups in total. The normalized spacial score (nSPS) is 37.1. The van der Waals surface area contributed by atoms with E-state index >= 15 is 0 Å². The summed E-state index contributed by atoms with van der Waals surface area (Å²) in [5.74, 6) is -2.86. The molecule has 0 aromatic heterocycles. The van der Waals surface area contributed by atoms with Gasteiger partial charge in [0.2, 0.25) is 6.29 Å². The van der Waals surface area contributed by atoms with E-state index in [2.05, 4.69) is 4.74 Å². The summed E-state index contributed by atoms with van der Waals surface area (Å²) in [7, 11) is 1.15. The molecule has 28 heavy (non-hydrogen) atoms. The first-order valence-electron chi connectivity index (χ1n) is 8.52. The first-order valence-corrected chi connectivity index (χ1v) is 8.52. The predicted octanol–water partition coefficient (Wildman–Crippen LogP) is -1.75. The Balaban J connectivity index is 2.26. The number of rotatable bonds is 6. The minimum atomic E-state index is -1.66. The summed E-state index contributed by atoms with van der Waals surface area (Å²) in [6.07, 6.45) is -6.72. The summed E-state index contributed by atoms with van der Waals surface area (Å²) in [6.45, 7) is 0.943. The largest absolute Gasteiger partial charge is 0.481 e. The fourth-order valence-corrected chi connectivity index (χ4v) is 3.10. The summed E-state index contributed by atoms with van der Waals surface area (Å²) in [5.41, 5.74) is 0.244. The van der Waals surface area contributed by atoms with Crippen molar-refractivity contribution in [1.29, 1.82) is 0 Å². The highest BCUT2D eigenvalue weighted by Gasteiger charge is 2.46. The van der Waals surface area contributed by atoms with Gasteiger partial charge in [-0.2, -0.15) is 0 Å². The lowest BCUT2D eigenvalue weighted by Crippen LogP contribution is -2.60. The third kappa shape index (κ3) is 4.51. The second-order valence-corrected chi connectivity index (χ2v) is 6.31. The van der Waals surface area contributed by atoms with E-state index in [0.717, 1.165) is 13.4 Å². The van der Waals surface area contributed by atoms with E-state index in [1.807, 2.05) is 0 Å². The molecule has 0 bridgehead atoms. The lowest BCUT2D eigenvalue weighted by atomic mass is 9.86. The number of ether oxygens (including phenoxy) is 4. The van der Waals surface area contributed by atoms with Crippen molar-refractivity contribution < 1.29 is 54.1 Å². The van der Waals surface area contributed by atoms with Gasteiger partial charge in [-0.05, 0) is 6.92 Å². The Morgan fingerprint density at radius 1 is 1.21 bits per heavy atom. The number of esters is 1. The van der Waals surface area contributed by atoms with E-state index in [-0.39, 0.29) is 11.1 Å². The fraction of sp³-hybridized carbons (Fsp3) is 0.647. The number of carbonyl (C=O) groups excluding carboxylic acids is 1. The molecule has 0 aliphatic carbocycles. The Morgan fingerprint density at radius 3 is 2.43 bits per heavy atom. The molecule has 2 rings (SSSR count). The van der Waals surface area contributed by atoms with Crippen molar-refractivity contribution in [2.75, 3.05) is 13.7 Å². The quantitative estimate of drug-likeness (QED) is 0.251. The van der Waals surface area contributed by atoms with Crippen LogP contribution in [0.4, 0.5) is 0 Å². The van der Waals surface area contributed by atoms with Crippen molar-refractivity contribution in [2.45, 2.75) is 50.3 Å². The number of hydrogen-bond donors (Lipinski definition) is 5. The molecule has 11 heteroatoms. The number of methoxy groups -OCH3 is 1. The number of carbonyl (C=O) groups is 2. The molecule has 2 heterocycles. The standard InChI is InChI=1S/C17H24O11/c1-3-7-8(4-11(19)20)9(15(24)25-2)6-26-16(7)28-17-14(23)13(22)12(21)10(5-18)27-17/h3,6,8,10,12-14,16-18,21-23H,4-5H2,1-2H3,(H,19,20)/b7-3-/t8-,10+,12+,13-,14+,16-,17-/m0/s1. The highest BCUT2D eigenvalue weighted by atomic mass is 16.8. The van der Waals surface area contributed by atoms with Crippen molar-refractivity contribution in [1.82, 2.24) is 0 Å². The van der Waals surface area contributed by atoms with Gasteiger partial charge in [-0.15, -0.1) is 0 Å². The van der Waals surface area contributed by atoms with Crippen LogP contribution in [0.15, 0.2) is 23.5 Å². The maximum absolute atomic E-state index is 11.9. The molecule has 1 fully saturated rings. The minimum absolute atomic E-state index is 0.0216. The van der Waals surface area contributed by atoms with Crippen LogP contribution < -0.4 is 0 Å². The number of aliphatic carboxylic acids is 1. The van der Waals surface area contributed by atoms with Gasteiger partial charge in [0.1, 0.15) is 24.4 Å². The van der Waals surface area contributed by atoms with Crippen molar-refractivity contribution in [3.63, 3.8) is 0 Å². The van der Waals surface area contributed by atoms with E-state index in [1.54, 1.807) is 6.92 Å². The molecule has 11 nitrogen and oxygen atoms in total. The Morgan fingerprint density at radius 2 is 1.89 bits per heavy atom. The molecular weight excluding hydrogens is 380 g/mol. The Labute approximate surface area is 160 Å². The summed E-state index contributed by atoms with van der Waals surface area (Å²) < 4.78 is 20.8. The molecule has 2 aliphatic heterocycles. The summed E-state index contributed by atoms with van der Waals surface area (Å²) in [4.78, 5) is 23.2. The summed E-state index contributed by atoms with van der Waals surface area (Å²) in [5, 5.41) is 48.2. The minimum Gasteiger partial charge on any atom is -0.481 e. The summed E-state index contributed by atoms with van der Waals surface area (Å²) >= 11 is 0. The SMILES string of the molecule is C/C=C1\[C@H](O[C@@H]2O[C@H](CO)[C@@H](O)[C@H](O)[C@H]2O)OC=C(C(=O)OC)[C@H]1CC(=O)O. The molecule has 0 radical (unpaired) electrons. The van der Waals surface area contributed by atoms with Gasteiger partial charge in [0, 0.05) is 11.5 Å². The molecule has 0 amide bonds. The number of aliphatic hydroxyl groups excluding tert-OH is 4. The third-order valence-corrected chi connectivity index (χ3v) is 4.61. The maximum Gasteiger partial charge on any atom is 0.337 e. The van der Waals surface area contributed by atoms with Crippen molar-refractivity contribution >= 4 is 11.9 Å². The van der Waals surface area contributed by atoms with Gasteiger partial charge < -0.3 is 44.5 Å². The van der Waals surface area contributed by atoms with Crippen LogP contribution in [0.5, 0.6) is 0 Å². The molecule has 1 saturated heterocycles. The Kier molecular flexibility index (Phi) is 7.52. The van der Waals surface area contributed by atoms with Crippen LogP contribution in [0.1, 0.15) is 13.3 Å². The average molecular weight is 404 g/mol. The predicted molar refractivity (Wildman–Crippen MR) is 89.3 cm³/mol. The number of carboxylic acids is 1. The lowest BCUT2D eigenvalue weighted by molar-refractivity contribution is -0.327. The van der Waals surface area contributed by atoms with E-state index in [4.69, 9.17) is 14.2 Å². The van der Waals surface area contributed by atoms with Crippen LogP contribution in [-0.2, 0) is 28.5 Å². The maximum atomic E-state index is 11.9. The van der Waals surface area contributed by atoms with Crippen LogP contribution in [0, 0.1) is 5.92 Å². The molecule has 0 spiro atoms. The molecule has 2 aliphatic rings. The first kappa shape index (κ1) is 22.3. The van der Waals surface area contributed by atoms with Crippen molar-refractivity contribution in [3.8, 4) is 0 Å². The molecule has 0 aromatic carbocycles. The monoisotopic (exact) mass is 404 g/mol. The molecular formula is C17H24O11. The van der Waals surface area contributed by atoms with E-state index in [9.17, 15) is 35.1 Å². The van der Waals surface area contributed by atoms with Gasteiger partial charge in [0.25, 0.3) is 0 Å². The van der Waals surface area contributed by atoms with Gasteiger partial charge in [-0.25, -0.2) is 4.79 Å². The highest BCUT2D eigenvalue weighted by Crippen LogP contribution is 2.35. The number of aliphatic hydroxyl groups is 4. The second-order valence-electron chi connectivity index (χ2n) is 6.31. The smallest absolute Gasteiger partial charge is 0.337 e. The van der Waals surface area contributed by atoms with Crippen molar-refractivity contribution in [3.05, 3.63) is 23.5 Å². The molecule has 0 saturated carbocycles. The Hall–Kier alpha value is -2.02.